The first kappa shape index (κ1) is 13.0. The molecule has 0 aromatic heterocycles. The van der Waals surface area contributed by atoms with Gasteiger partial charge in [0, 0.05) is 6.54 Å². The Balaban J connectivity index is 2.55. The standard InChI is InChI=1S/C12H16N2O3/c1-8(11(13)15)12(16)14-7-9-4-3-5-10(6-9)17-2/h3-6,8H,7H2,1-2H3,(H2,13,15)(H,14,16). The van der Waals surface area contributed by atoms with Crippen molar-refractivity contribution < 1.29 is 14.3 Å². The van der Waals surface area contributed by atoms with Gasteiger partial charge < -0.3 is 15.8 Å². The van der Waals surface area contributed by atoms with Gasteiger partial charge in [-0.25, -0.2) is 0 Å². The Morgan fingerprint density at radius 3 is 2.76 bits per heavy atom. The third kappa shape index (κ3) is 3.79. The molecular formula is C12H16N2O3. The fraction of sp³-hybridized carbons (Fsp3) is 0.333. The van der Waals surface area contributed by atoms with Crippen molar-refractivity contribution in [3.63, 3.8) is 0 Å². The number of nitrogens with one attached hydrogen (secondary N) is 1. The Morgan fingerprint density at radius 1 is 1.47 bits per heavy atom. The summed E-state index contributed by atoms with van der Waals surface area (Å²) in [4.78, 5) is 22.3. The maximum absolute atomic E-state index is 11.5. The van der Waals surface area contributed by atoms with Gasteiger partial charge in [-0.15, -0.1) is 0 Å². The number of ether oxygens (including phenoxy) is 1. The van der Waals surface area contributed by atoms with Crippen molar-refractivity contribution in [2.45, 2.75) is 13.5 Å². The van der Waals surface area contributed by atoms with E-state index in [9.17, 15) is 9.59 Å². The Morgan fingerprint density at radius 2 is 2.18 bits per heavy atom. The fourth-order valence-electron chi connectivity index (χ4n) is 1.25. The Kier molecular flexibility index (Phi) is 4.51. The topological polar surface area (TPSA) is 81.4 Å². The first-order valence-electron chi connectivity index (χ1n) is 5.24. The van der Waals surface area contributed by atoms with Crippen LogP contribution >= 0.6 is 0 Å². The normalized spacial score (nSPS) is 11.6. The summed E-state index contributed by atoms with van der Waals surface area (Å²) in [6, 6.07) is 7.32. The lowest BCUT2D eigenvalue weighted by molar-refractivity contribution is -0.132. The molecular weight excluding hydrogens is 220 g/mol. The minimum atomic E-state index is -0.819. The number of nitrogens with two attached hydrogens (primary N) is 1. The molecule has 17 heavy (non-hydrogen) atoms. The molecule has 0 fully saturated rings. The molecule has 1 aromatic rings. The smallest absolute Gasteiger partial charge is 0.232 e. The van der Waals surface area contributed by atoms with Crippen LogP contribution in [0.15, 0.2) is 24.3 Å². The largest absolute Gasteiger partial charge is 0.497 e. The summed E-state index contributed by atoms with van der Waals surface area (Å²) < 4.78 is 5.06. The molecule has 0 spiro atoms. The van der Waals surface area contributed by atoms with Crippen molar-refractivity contribution in [2.75, 3.05) is 7.11 Å². The van der Waals surface area contributed by atoms with Crippen LogP contribution in [0.25, 0.3) is 0 Å². The summed E-state index contributed by atoms with van der Waals surface area (Å²) in [6.45, 7) is 1.82. The number of amides is 2. The number of carbonyl (C=O) groups is 2. The molecule has 0 heterocycles. The van der Waals surface area contributed by atoms with Crippen molar-refractivity contribution in [2.24, 2.45) is 11.7 Å². The maximum atomic E-state index is 11.5. The summed E-state index contributed by atoms with van der Waals surface area (Å²) in [7, 11) is 1.58. The summed E-state index contributed by atoms with van der Waals surface area (Å²) in [5.74, 6) is -1.10. The van der Waals surface area contributed by atoms with Gasteiger partial charge in [0.1, 0.15) is 11.7 Å². The van der Waals surface area contributed by atoms with Gasteiger partial charge in [0.25, 0.3) is 0 Å². The first-order chi connectivity index (χ1) is 8.04. The van der Waals surface area contributed by atoms with Gasteiger partial charge in [-0.1, -0.05) is 12.1 Å². The van der Waals surface area contributed by atoms with E-state index in [0.717, 1.165) is 11.3 Å². The lowest BCUT2D eigenvalue weighted by Crippen LogP contribution is -2.36. The molecule has 92 valence electrons. The number of methoxy groups -OCH3 is 1. The molecule has 0 aliphatic carbocycles. The van der Waals surface area contributed by atoms with Crippen molar-refractivity contribution in [3.8, 4) is 5.75 Å². The number of rotatable bonds is 5. The molecule has 0 bridgehead atoms. The molecule has 1 unspecified atom stereocenters. The van der Waals surface area contributed by atoms with Crippen LogP contribution in [0.3, 0.4) is 0 Å². The summed E-state index contributed by atoms with van der Waals surface area (Å²) >= 11 is 0. The number of carbonyl (C=O) groups excluding carboxylic acids is 2. The second kappa shape index (κ2) is 5.89. The summed E-state index contributed by atoms with van der Waals surface area (Å²) in [5.41, 5.74) is 5.93. The minimum Gasteiger partial charge on any atom is -0.497 e. The highest BCUT2D eigenvalue weighted by Crippen LogP contribution is 2.12. The van der Waals surface area contributed by atoms with Crippen LogP contribution in [0.5, 0.6) is 5.75 Å². The molecule has 2 amide bonds. The molecule has 0 aliphatic rings. The van der Waals surface area contributed by atoms with Crippen LogP contribution in [0, 0.1) is 5.92 Å². The second-order valence-electron chi connectivity index (χ2n) is 3.69. The van der Waals surface area contributed by atoms with Gasteiger partial charge >= 0.3 is 0 Å². The van der Waals surface area contributed by atoms with Crippen molar-refractivity contribution in [3.05, 3.63) is 29.8 Å². The van der Waals surface area contributed by atoms with Crippen molar-refractivity contribution >= 4 is 11.8 Å². The Bertz CT molecular complexity index is 418. The van der Waals surface area contributed by atoms with Crippen molar-refractivity contribution in [1.82, 2.24) is 5.32 Å². The SMILES string of the molecule is COc1cccc(CNC(=O)C(C)C(N)=O)c1. The fourth-order valence-corrected chi connectivity index (χ4v) is 1.25. The lowest BCUT2D eigenvalue weighted by Gasteiger charge is -2.09. The molecule has 1 aromatic carbocycles. The van der Waals surface area contributed by atoms with Gasteiger partial charge in [-0.3, -0.25) is 9.59 Å². The molecule has 5 nitrogen and oxygen atoms in total. The molecule has 0 saturated carbocycles. The van der Waals surface area contributed by atoms with Gasteiger partial charge in [-0.05, 0) is 24.6 Å². The number of benzene rings is 1. The lowest BCUT2D eigenvalue weighted by atomic mass is 10.1. The average Bonchev–Trinajstić information content (AvgIpc) is 2.35. The second-order valence-corrected chi connectivity index (χ2v) is 3.69. The molecule has 0 aliphatic heterocycles. The zero-order chi connectivity index (χ0) is 12.8. The van der Waals surface area contributed by atoms with Crippen LogP contribution in [0.1, 0.15) is 12.5 Å². The van der Waals surface area contributed by atoms with E-state index in [4.69, 9.17) is 10.5 Å². The van der Waals surface area contributed by atoms with Crippen LogP contribution in [-0.2, 0) is 16.1 Å². The Labute approximate surface area is 99.9 Å². The van der Waals surface area contributed by atoms with E-state index < -0.39 is 11.8 Å². The van der Waals surface area contributed by atoms with Gasteiger partial charge in [0.2, 0.25) is 11.8 Å². The number of hydrogen-bond donors (Lipinski definition) is 2. The predicted molar refractivity (Wildman–Crippen MR) is 63.2 cm³/mol. The molecule has 0 radical (unpaired) electrons. The third-order valence-electron chi connectivity index (χ3n) is 2.42. The average molecular weight is 236 g/mol. The van der Waals surface area contributed by atoms with Crippen LogP contribution in [0.4, 0.5) is 0 Å². The Hall–Kier alpha value is -2.04. The molecule has 5 heteroatoms. The van der Waals surface area contributed by atoms with Crippen molar-refractivity contribution in [1.29, 1.82) is 0 Å². The zero-order valence-electron chi connectivity index (χ0n) is 9.90. The monoisotopic (exact) mass is 236 g/mol. The van der Waals surface area contributed by atoms with E-state index in [1.165, 1.54) is 6.92 Å². The minimum absolute atomic E-state index is 0.341. The molecule has 0 saturated heterocycles. The molecule has 1 atom stereocenters. The highest BCUT2D eigenvalue weighted by Gasteiger charge is 2.17. The van der Waals surface area contributed by atoms with Crippen LogP contribution in [-0.4, -0.2) is 18.9 Å². The summed E-state index contributed by atoms with van der Waals surface area (Å²) in [6.07, 6.45) is 0. The highest BCUT2D eigenvalue weighted by molar-refractivity contribution is 5.99. The first-order valence-corrected chi connectivity index (χ1v) is 5.24. The number of hydrogen-bond acceptors (Lipinski definition) is 3. The van der Waals surface area contributed by atoms with E-state index in [-0.39, 0.29) is 5.91 Å². The molecule has 3 N–H and O–H groups in total. The van der Waals surface area contributed by atoms with E-state index in [1.807, 2.05) is 24.3 Å². The van der Waals surface area contributed by atoms with Crippen LogP contribution < -0.4 is 15.8 Å². The van der Waals surface area contributed by atoms with E-state index in [2.05, 4.69) is 5.32 Å². The van der Waals surface area contributed by atoms with Gasteiger partial charge in [0.15, 0.2) is 0 Å². The predicted octanol–water partition coefficient (Wildman–Crippen LogP) is 0.433. The van der Waals surface area contributed by atoms with Gasteiger partial charge in [0.05, 0.1) is 7.11 Å². The van der Waals surface area contributed by atoms with Crippen LogP contribution in [0.2, 0.25) is 0 Å². The van der Waals surface area contributed by atoms with E-state index in [0.29, 0.717) is 6.54 Å². The summed E-state index contributed by atoms with van der Waals surface area (Å²) in [5, 5.41) is 2.64. The number of primary amides is 1. The van der Waals surface area contributed by atoms with E-state index >= 15 is 0 Å². The quantitative estimate of drug-likeness (QED) is 0.727. The maximum Gasteiger partial charge on any atom is 0.232 e. The van der Waals surface area contributed by atoms with Gasteiger partial charge in [-0.2, -0.15) is 0 Å². The molecule has 1 rings (SSSR count). The third-order valence-corrected chi connectivity index (χ3v) is 2.42. The van der Waals surface area contributed by atoms with E-state index in [1.54, 1.807) is 7.11 Å². The highest BCUT2D eigenvalue weighted by atomic mass is 16.5. The zero-order valence-corrected chi connectivity index (χ0v) is 9.90.